The summed E-state index contributed by atoms with van der Waals surface area (Å²) in [5.41, 5.74) is 0.577. The molecule has 0 saturated carbocycles. The van der Waals surface area contributed by atoms with Crippen molar-refractivity contribution in [2.45, 2.75) is 32.2 Å². The number of hydrogen-bond donors (Lipinski definition) is 1. The van der Waals surface area contributed by atoms with Crippen molar-refractivity contribution in [3.63, 3.8) is 0 Å². The maximum absolute atomic E-state index is 13.8. The molecule has 1 N–H and O–H groups in total. The predicted molar refractivity (Wildman–Crippen MR) is 94.7 cm³/mol. The molecule has 0 radical (unpaired) electrons. The first-order valence-corrected chi connectivity index (χ1v) is 8.69. The standard InChI is InChI=1S/C19H23FN4O/c1-14(12-15-6-2-3-8-17(15)20)18(25)23-16-7-4-11-24(13-16)19-21-9-5-10-22-19/h2-3,5-6,8-10,14,16H,4,7,11-13H2,1H3,(H,23,25)/t14-,16-/m1/s1. The van der Waals surface area contributed by atoms with E-state index in [1.807, 2.05) is 6.92 Å². The van der Waals surface area contributed by atoms with Crippen molar-refractivity contribution in [1.29, 1.82) is 0 Å². The summed E-state index contributed by atoms with van der Waals surface area (Å²) in [5, 5.41) is 3.10. The molecule has 0 spiro atoms. The van der Waals surface area contributed by atoms with E-state index in [0.717, 1.165) is 19.4 Å². The molecule has 5 nitrogen and oxygen atoms in total. The molecule has 6 heteroatoms. The van der Waals surface area contributed by atoms with Crippen molar-refractivity contribution in [1.82, 2.24) is 15.3 Å². The van der Waals surface area contributed by atoms with Crippen LogP contribution in [-0.2, 0) is 11.2 Å². The van der Waals surface area contributed by atoms with Gasteiger partial charge >= 0.3 is 0 Å². The number of piperidine rings is 1. The van der Waals surface area contributed by atoms with Crippen molar-refractivity contribution in [3.8, 4) is 0 Å². The summed E-state index contributed by atoms with van der Waals surface area (Å²) in [6.07, 6.45) is 5.76. The normalized spacial score (nSPS) is 18.6. The predicted octanol–water partition coefficient (Wildman–Crippen LogP) is 2.58. The SMILES string of the molecule is C[C@H](Cc1ccccc1F)C(=O)N[C@@H]1CCCN(c2ncccn2)C1. The Hall–Kier alpha value is -2.50. The number of hydrogen-bond acceptors (Lipinski definition) is 4. The Morgan fingerprint density at radius 3 is 2.84 bits per heavy atom. The zero-order valence-corrected chi connectivity index (χ0v) is 14.4. The second-order valence-electron chi connectivity index (χ2n) is 6.54. The van der Waals surface area contributed by atoms with Crippen molar-refractivity contribution < 1.29 is 9.18 Å². The molecule has 0 aliphatic carbocycles. The number of carbonyl (C=O) groups excluding carboxylic acids is 1. The monoisotopic (exact) mass is 342 g/mol. The average molecular weight is 342 g/mol. The van der Waals surface area contributed by atoms with Crippen LogP contribution in [0.3, 0.4) is 0 Å². The number of carbonyl (C=O) groups is 1. The second-order valence-corrected chi connectivity index (χ2v) is 6.54. The maximum Gasteiger partial charge on any atom is 0.225 e. The molecule has 1 aliphatic rings. The van der Waals surface area contributed by atoms with Gasteiger partial charge in [-0.1, -0.05) is 25.1 Å². The van der Waals surface area contributed by atoms with Crippen molar-refractivity contribution >= 4 is 11.9 Å². The van der Waals surface area contributed by atoms with E-state index in [2.05, 4.69) is 20.2 Å². The number of nitrogens with zero attached hydrogens (tertiary/aromatic N) is 3. The summed E-state index contributed by atoms with van der Waals surface area (Å²) >= 11 is 0. The zero-order chi connectivity index (χ0) is 17.6. The van der Waals surface area contributed by atoms with Gasteiger partial charge in [-0.15, -0.1) is 0 Å². The summed E-state index contributed by atoms with van der Waals surface area (Å²) in [5.74, 6) is 0.123. The zero-order valence-electron chi connectivity index (χ0n) is 14.4. The van der Waals surface area contributed by atoms with Crippen LogP contribution in [0.4, 0.5) is 10.3 Å². The van der Waals surface area contributed by atoms with Crippen LogP contribution in [0.5, 0.6) is 0 Å². The molecule has 2 heterocycles. The van der Waals surface area contributed by atoms with Crippen LogP contribution in [0.1, 0.15) is 25.3 Å². The third-order valence-corrected chi connectivity index (χ3v) is 4.53. The molecule has 1 fully saturated rings. The highest BCUT2D eigenvalue weighted by Crippen LogP contribution is 2.17. The maximum atomic E-state index is 13.8. The molecule has 25 heavy (non-hydrogen) atoms. The molecule has 2 aromatic rings. The van der Waals surface area contributed by atoms with Crippen molar-refractivity contribution in [2.24, 2.45) is 5.92 Å². The average Bonchev–Trinajstić information content (AvgIpc) is 2.64. The molecule has 1 amide bonds. The molecule has 2 atom stereocenters. The molecule has 1 aromatic heterocycles. The van der Waals surface area contributed by atoms with E-state index in [-0.39, 0.29) is 23.7 Å². The molecule has 1 aromatic carbocycles. The second kappa shape index (κ2) is 8.05. The van der Waals surface area contributed by atoms with E-state index in [9.17, 15) is 9.18 Å². The summed E-state index contributed by atoms with van der Waals surface area (Å²) in [7, 11) is 0. The fraction of sp³-hybridized carbons (Fsp3) is 0.421. The lowest BCUT2D eigenvalue weighted by Gasteiger charge is -2.33. The number of amides is 1. The van der Waals surface area contributed by atoms with Crippen LogP contribution >= 0.6 is 0 Å². The quantitative estimate of drug-likeness (QED) is 0.907. The highest BCUT2D eigenvalue weighted by molar-refractivity contribution is 5.79. The number of rotatable bonds is 5. The van der Waals surface area contributed by atoms with Gasteiger partial charge in [-0.2, -0.15) is 0 Å². The van der Waals surface area contributed by atoms with Gasteiger partial charge in [-0.3, -0.25) is 4.79 Å². The van der Waals surface area contributed by atoms with Gasteiger partial charge in [0.25, 0.3) is 0 Å². The molecule has 1 aliphatic heterocycles. The Balaban J connectivity index is 1.56. The lowest BCUT2D eigenvalue weighted by Crippen LogP contribution is -2.49. The highest BCUT2D eigenvalue weighted by Gasteiger charge is 2.25. The lowest BCUT2D eigenvalue weighted by atomic mass is 9.98. The molecule has 1 saturated heterocycles. The van der Waals surface area contributed by atoms with Gasteiger partial charge < -0.3 is 10.2 Å². The third kappa shape index (κ3) is 4.53. The minimum Gasteiger partial charge on any atom is -0.351 e. The first-order chi connectivity index (χ1) is 12.1. The van der Waals surface area contributed by atoms with Crippen LogP contribution in [0.2, 0.25) is 0 Å². The lowest BCUT2D eigenvalue weighted by molar-refractivity contribution is -0.125. The van der Waals surface area contributed by atoms with Gasteiger partial charge in [-0.05, 0) is 37.0 Å². The largest absolute Gasteiger partial charge is 0.351 e. The summed E-state index contributed by atoms with van der Waals surface area (Å²) in [6, 6.07) is 8.46. The highest BCUT2D eigenvalue weighted by atomic mass is 19.1. The van der Waals surface area contributed by atoms with E-state index < -0.39 is 0 Å². The Bertz CT molecular complexity index is 710. The summed E-state index contributed by atoms with van der Waals surface area (Å²) in [6.45, 7) is 3.42. The van der Waals surface area contributed by atoms with Gasteiger partial charge in [0.2, 0.25) is 11.9 Å². The molecular formula is C19H23FN4O. The van der Waals surface area contributed by atoms with Crippen LogP contribution in [0, 0.1) is 11.7 Å². The minimum atomic E-state index is -0.278. The number of nitrogens with one attached hydrogen (secondary N) is 1. The molecule has 0 bridgehead atoms. The molecule has 3 rings (SSSR count). The first-order valence-electron chi connectivity index (χ1n) is 8.69. The number of benzene rings is 1. The van der Waals surface area contributed by atoms with Crippen LogP contribution in [0.15, 0.2) is 42.7 Å². The fourth-order valence-electron chi connectivity index (χ4n) is 3.16. The summed E-state index contributed by atoms with van der Waals surface area (Å²) in [4.78, 5) is 23.1. The smallest absolute Gasteiger partial charge is 0.225 e. The Labute approximate surface area is 147 Å². The van der Waals surface area contributed by atoms with Crippen LogP contribution in [0.25, 0.3) is 0 Å². The summed E-state index contributed by atoms with van der Waals surface area (Å²) < 4.78 is 13.8. The van der Waals surface area contributed by atoms with E-state index >= 15 is 0 Å². The van der Waals surface area contributed by atoms with E-state index in [0.29, 0.717) is 24.5 Å². The fourth-order valence-corrected chi connectivity index (χ4v) is 3.16. The van der Waals surface area contributed by atoms with Crippen molar-refractivity contribution in [2.75, 3.05) is 18.0 Å². The van der Waals surface area contributed by atoms with Gasteiger partial charge in [0.05, 0.1) is 0 Å². The number of halogens is 1. The number of aromatic nitrogens is 2. The molecule has 132 valence electrons. The van der Waals surface area contributed by atoms with E-state index in [1.54, 1.807) is 36.7 Å². The molecule has 0 unspecified atom stereocenters. The van der Waals surface area contributed by atoms with Crippen LogP contribution in [-0.4, -0.2) is 35.0 Å². The first kappa shape index (κ1) is 17.3. The molecular weight excluding hydrogens is 319 g/mol. The van der Waals surface area contributed by atoms with E-state index in [4.69, 9.17) is 0 Å². The van der Waals surface area contributed by atoms with Gasteiger partial charge in [0, 0.05) is 37.4 Å². The van der Waals surface area contributed by atoms with Gasteiger partial charge in [0.15, 0.2) is 0 Å². The van der Waals surface area contributed by atoms with Gasteiger partial charge in [-0.25, -0.2) is 14.4 Å². The van der Waals surface area contributed by atoms with E-state index in [1.165, 1.54) is 6.07 Å². The topological polar surface area (TPSA) is 58.1 Å². The number of anilines is 1. The minimum absolute atomic E-state index is 0.0379. The van der Waals surface area contributed by atoms with Crippen molar-refractivity contribution in [3.05, 3.63) is 54.1 Å². The Morgan fingerprint density at radius 1 is 1.32 bits per heavy atom. The Kier molecular flexibility index (Phi) is 5.58. The van der Waals surface area contributed by atoms with Crippen LogP contribution < -0.4 is 10.2 Å². The Morgan fingerprint density at radius 2 is 2.08 bits per heavy atom. The third-order valence-electron chi connectivity index (χ3n) is 4.53. The van der Waals surface area contributed by atoms with Gasteiger partial charge in [0.1, 0.15) is 5.82 Å².